The van der Waals surface area contributed by atoms with Crippen LogP contribution >= 0.6 is 0 Å². The number of rotatable bonds is 7. The molecule has 1 aliphatic carbocycles. The first-order valence-corrected chi connectivity index (χ1v) is 18.1. The van der Waals surface area contributed by atoms with Gasteiger partial charge in [0.2, 0.25) is 0 Å². The molecule has 3 saturated heterocycles. The SMILES string of the molecule is C#Cc1c(F)ccc2cc(O)cc(-c3ncc4c(N5CCCOCC5)nc(OC[C@]56CCC[C@H]5N(CC5CCC(=C)N5C)CCC6)nc4c3F)c12. The van der Waals surface area contributed by atoms with Crippen LogP contribution in [0.3, 0.4) is 0 Å². The van der Waals surface area contributed by atoms with Crippen LogP contribution < -0.4 is 9.64 Å². The number of benzene rings is 2. The molecule has 0 amide bonds. The highest BCUT2D eigenvalue weighted by molar-refractivity contribution is 6.03. The molecule has 11 heteroatoms. The fraction of sp³-hybridized carbons (Fsp3) is 0.475. The normalized spacial score (nSPS) is 24.2. The van der Waals surface area contributed by atoms with Gasteiger partial charge < -0.3 is 24.4 Å². The van der Waals surface area contributed by atoms with Gasteiger partial charge in [-0.25, -0.2) is 8.78 Å². The van der Waals surface area contributed by atoms with Gasteiger partial charge in [-0.1, -0.05) is 25.0 Å². The Bertz CT molecular complexity index is 2040. The average molecular weight is 695 g/mol. The molecule has 4 fully saturated rings. The molecule has 1 saturated carbocycles. The number of phenolic OH excluding ortho intramolecular Hbond substituents is 1. The maximum absolute atomic E-state index is 17.0. The van der Waals surface area contributed by atoms with Crippen molar-refractivity contribution >= 4 is 27.5 Å². The minimum Gasteiger partial charge on any atom is -0.508 e. The lowest BCUT2D eigenvalue weighted by Crippen LogP contribution is -2.54. The van der Waals surface area contributed by atoms with E-state index in [4.69, 9.17) is 25.9 Å². The van der Waals surface area contributed by atoms with Crippen molar-refractivity contribution in [2.45, 2.75) is 63.5 Å². The van der Waals surface area contributed by atoms with Crippen LogP contribution in [0.2, 0.25) is 0 Å². The van der Waals surface area contributed by atoms with Gasteiger partial charge in [-0.3, -0.25) is 9.88 Å². The van der Waals surface area contributed by atoms with Crippen molar-refractivity contribution in [2.24, 2.45) is 5.41 Å². The Labute approximate surface area is 297 Å². The summed E-state index contributed by atoms with van der Waals surface area (Å²) in [5.74, 6) is 1.47. The molecule has 4 aromatic rings. The van der Waals surface area contributed by atoms with E-state index in [9.17, 15) is 9.50 Å². The summed E-state index contributed by atoms with van der Waals surface area (Å²) in [4.78, 5) is 21.2. The number of aromatic nitrogens is 3. The predicted molar refractivity (Wildman–Crippen MR) is 194 cm³/mol. The lowest BCUT2D eigenvalue weighted by molar-refractivity contribution is -0.00813. The molecule has 1 unspecified atom stereocenters. The molecular weight excluding hydrogens is 650 g/mol. The van der Waals surface area contributed by atoms with Crippen LogP contribution in [-0.4, -0.2) is 95.0 Å². The Kier molecular flexibility index (Phi) is 8.93. The summed E-state index contributed by atoms with van der Waals surface area (Å²) in [6.07, 6.45) is 15.7. The number of ether oxygens (including phenoxy) is 2. The van der Waals surface area contributed by atoms with E-state index in [0.29, 0.717) is 61.6 Å². The van der Waals surface area contributed by atoms with Gasteiger partial charge in [0.25, 0.3) is 0 Å². The highest BCUT2D eigenvalue weighted by Gasteiger charge is 2.49. The second kappa shape index (κ2) is 13.5. The topological polar surface area (TPSA) is 87.1 Å². The van der Waals surface area contributed by atoms with Crippen molar-refractivity contribution in [3.8, 4) is 35.4 Å². The zero-order valence-electron chi connectivity index (χ0n) is 29.1. The number of aromatic hydroxyl groups is 1. The molecule has 4 aliphatic rings. The zero-order valence-corrected chi connectivity index (χ0v) is 29.1. The van der Waals surface area contributed by atoms with Gasteiger partial charge in [-0.15, -0.1) is 6.42 Å². The number of fused-ring (bicyclic) bond motifs is 3. The number of likely N-dealkylation sites (tertiary alicyclic amines) is 2. The fourth-order valence-corrected chi connectivity index (χ4v) is 9.11. The molecule has 1 N–H and O–H groups in total. The number of terminal acetylenes is 1. The van der Waals surface area contributed by atoms with Crippen molar-refractivity contribution in [3.05, 3.63) is 59.9 Å². The quantitative estimate of drug-likeness (QED) is 0.214. The largest absolute Gasteiger partial charge is 0.508 e. The summed E-state index contributed by atoms with van der Waals surface area (Å²) < 4.78 is 44.2. The van der Waals surface area contributed by atoms with Crippen LogP contribution in [-0.2, 0) is 4.74 Å². The van der Waals surface area contributed by atoms with Gasteiger partial charge in [0.15, 0.2) is 5.82 Å². The van der Waals surface area contributed by atoms with E-state index in [2.05, 4.69) is 39.2 Å². The Balaban J connectivity index is 1.18. The third-order valence-corrected chi connectivity index (χ3v) is 11.8. The average Bonchev–Trinajstić information content (AvgIpc) is 3.58. The highest BCUT2D eigenvalue weighted by Crippen LogP contribution is 2.48. The molecule has 5 heterocycles. The first kappa shape index (κ1) is 33.6. The van der Waals surface area contributed by atoms with Gasteiger partial charge in [0, 0.05) is 73.6 Å². The van der Waals surface area contributed by atoms with Gasteiger partial charge in [-0.05, 0) is 75.1 Å². The molecular formula is C40H44F2N6O3. The maximum Gasteiger partial charge on any atom is 0.319 e. The molecule has 3 aliphatic heterocycles. The van der Waals surface area contributed by atoms with Crippen LogP contribution in [0.25, 0.3) is 32.9 Å². The first-order chi connectivity index (χ1) is 24.8. The summed E-state index contributed by atoms with van der Waals surface area (Å²) in [7, 11) is 2.16. The number of nitrogens with zero attached hydrogens (tertiary/aromatic N) is 6. The lowest BCUT2D eigenvalue weighted by Gasteiger charge is -2.47. The van der Waals surface area contributed by atoms with Crippen LogP contribution in [0.5, 0.6) is 11.8 Å². The van der Waals surface area contributed by atoms with Gasteiger partial charge in [0.1, 0.15) is 28.6 Å². The summed E-state index contributed by atoms with van der Waals surface area (Å²) in [5, 5.41) is 11.8. The van der Waals surface area contributed by atoms with Crippen LogP contribution in [0.1, 0.15) is 56.9 Å². The number of hydrogen-bond acceptors (Lipinski definition) is 9. The maximum atomic E-state index is 17.0. The fourth-order valence-electron chi connectivity index (χ4n) is 9.11. The smallest absolute Gasteiger partial charge is 0.319 e. The molecule has 9 nitrogen and oxygen atoms in total. The van der Waals surface area contributed by atoms with E-state index >= 15 is 4.39 Å². The van der Waals surface area contributed by atoms with Gasteiger partial charge >= 0.3 is 6.01 Å². The predicted octanol–water partition coefficient (Wildman–Crippen LogP) is 6.66. The second-order valence-corrected chi connectivity index (χ2v) is 14.7. The monoisotopic (exact) mass is 694 g/mol. The van der Waals surface area contributed by atoms with Crippen LogP contribution in [0, 0.1) is 29.4 Å². The molecule has 8 rings (SSSR count). The number of likely N-dealkylation sites (N-methyl/N-ethyl adjacent to an activating group) is 1. The molecule has 0 bridgehead atoms. The zero-order chi connectivity index (χ0) is 35.3. The summed E-state index contributed by atoms with van der Waals surface area (Å²) in [6.45, 7) is 9.16. The van der Waals surface area contributed by atoms with Crippen molar-refractivity contribution in [2.75, 3.05) is 57.9 Å². The van der Waals surface area contributed by atoms with Crippen molar-refractivity contribution in [1.82, 2.24) is 24.8 Å². The Morgan fingerprint density at radius 3 is 2.78 bits per heavy atom. The lowest BCUT2D eigenvalue weighted by atomic mass is 9.75. The minimum absolute atomic E-state index is 0.0304. The number of halogens is 2. The first-order valence-electron chi connectivity index (χ1n) is 18.1. The van der Waals surface area contributed by atoms with E-state index in [1.165, 1.54) is 30.0 Å². The third-order valence-electron chi connectivity index (χ3n) is 11.8. The van der Waals surface area contributed by atoms with Crippen LogP contribution in [0.4, 0.5) is 14.6 Å². The van der Waals surface area contributed by atoms with Crippen molar-refractivity contribution in [1.29, 1.82) is 0 Å². The molecule has 266 valence electrons. The van der Waals surface area contributed by atoms with Crippen molar-refractivity contribution in [3.63, 3.8) is 0 Å². The van der Waals surface area contributed by atoms with Gasteiger partial charge in [0.05, 0.1) is 24.2 Å². The third kappa shape index (κ3) is 6.02. The van der Waals surface area contributed by atoms with E-state index in [-0.39, 0.29) is 44.9 Å². The van der Waals surface area contributed by atoms with E-state index in [1.807, 2.05) is 0 Å². The number of piperidine rings is 1. The highest BCUT2D eigenvalue weighted by atomic mass is 19.1. The van der Waals surface area contributed by atoms with E-state index < -0.39 is 11.6 Å². The number of anilines is 1. The number of allylic oxidation sites excluding steroid dienone is 1. The molecule has 2 aromatic carbocycles. The molecule has 0 radical (unpaired) electrons. The molecule has 0 spiro atoms. The molecule has 3 atom stereocenters. The summed E-state index contributed by atoms with van der Waals surface area (Å²) >= 11 is 0. The Hall–Kier alpha value is -4.53. The van der Waals surface area contributed by atoms with Crippen LogP contribution in [0.15, 0.2) is 42.7 Å². The summed E-state index contributed by atoms with van der Waals surface area (Å²) in [6, 6.07) is 6.55. The van der Waals surface area contributed by atoms with Gasteiger partial charge in [-0.2, -0.15) is 9.97 Å². The summed E-state index contributed by atoms with van der Waals surface area (Å²) in [5.41, 5.74) is 1.25. The molecule has 2 aromatic heterocycles. The Morgan fingerprint density at radius 2 is 1.96 bits per heavy atom. The second-order valence-electron chi connectivity index (χ2n) is 14.7. The van der Waals surface area contributed by atoms with E-state index in [1.54, 1.807) is 6.20 Å². The standard InChI is InChI=1S/C40H44F2N6O3/c1-4-29-32(41)12-10-26-20-28(49)21-30(34(26)29)36-35(42)37-31(22-43-36)38(47-16-7-18-50-19-17-47)45-39(44-37)51-24-40-13-5-8-33(40)48(15-6-14-40)23-27-11-9-25(2)46(27)3/h1,10,12,20-22,27,33,49H,2,5-9,11,13-19,23-24H2,3H3/t27?,33-,40-/m1/s1. The number of phenols is 1. The molecule has 51 heavy (non-hydrogen) atoms. The van der Waals surface area contributed by atoms with Crippen molar-refractivity contribution < 1.29 is 23.4 Å². The minimum atomic E-state index is -0.728. The Morgan fingerprint density at radius 1 is 1.10 bits per heavy atom. The number of pyridine rings is 1. The van der Waals surface area contributed by atoms with E-state index in [0.717, 1.165) is 64.5 Å². The number of hydrogen-bond donors (Lipinski definition) is 1.